The summed E-state index contributed by atoms with van der Waals surface area (Å²) in [7, 11) is -3.43. The molecule has 0 radical (unpaired) electrons. The smallest absolute Gasteiger partial charge is 0.244 e. The Morgan fingerprint density at radius 3 is 2.53 bits per heavy atom. The molecule has 1 aromatic carbocycles. The molecule has 2 fully saturated rings. The molecule has 2 aromatic rings. The molecule has 2 unspecified atom stereocenters. The molecule has 160 valence electrons. The fraction of sp³-hybridized carbons (Fsp3) is 0.435. The third kappa shape index (κ3) is 4.84. The number of benzene rings is 1. The van der Waals surface area contributed by atoms with E-state index in [1.54, 1.807) is 36.4 Å². The average Bonchev–Trinajstić information content (AvgIpc) is 3.31. The predicted octanol–water partition coefficient (Wildman–Crippen LogP) is 3.63. The van der Waals surface area contributed by atoms with E-state index in [1.165, 1.54) is 16.8 Å². The van der Waals surface area contributed by atoms with E-state index >= 15 is 0 Å². The highest BCUT2D eigenvalue weighted by Crippen LogP contribution is 2.47. The van der Waals surface area contributed by atoms with Crippen LogP contribution in [-0.4, -0.2) is 38.3 Å². The summed E-state index contributed by atoms with van der Waals surface area (Å²) in [6.07, 6.45) is 5.83. The molecule has 0 spiro atoms. The fourth-order valence-corrected chi connectivity index (χ4v) is 5.42. The van der Waals surface area contributed by atoms with Crippen molar-refractivity contribution in [2.75, 3.05) is 19.6 Å². The zero-order valence-electron chi connectivity index (χ0n) is 17.2. The Morgan fingerprint density at radius 1 is 1.17 bits per heavy atom. The molecule has 4 rings (SSSR count). The number of rotatable bonds is 7. The van der Waals surface area contributed by atoms with E-state index in [4.69, 9.17) is 4.42 Å². The van der Waals surface area contributed by atoms with Crippen molar-refractivity contribution in [3.63, 3.8) is 0 Å². The van der Waals surface area contributed by atoms with Crippen LogP contribution in [-0.2, 0) is 14.8 Å². The summed E-state index contributed by atoms with van der Waals surface area (Å²) < 4.78 is 32.7. The monoisotopic (exact) mass is 428 g/mol. The summed E-state index contributed by atoms with van der Waals surface area (Å²) in [4.78, 5) is 12.5. The number of hydrogen-bond donors (Lipinski definition) is 1. The van der Waals surface area contributed by atoms with E-state index in [0.717, 1.165) is 18.6 Å². The Morgan fingerprint density at radius 2 is 1.87 bits per heavy atom. The summed E-state index contributed by atoms with van der Waals surface area (Å²) >= 11 is 0. The maximum absolute atomic E-state index is 12.7. The van der Waals surface area contributed by atoms with Gasteiger partial charge in [-0.3, -0.25) is 4.79 Å². The van der Waals surface area contributed by atoms with Crippen molar-refractivity contribution >= 4 is 22.0 Å². The van der Waals surface area contributed by atoms with Crippen molar-refractivity contribution < 1.29 is 17.6 Å². The van der Waals surface area contributed by atoms with Crippen LogP contribution in [0.1, 0.15) is 43.6 Å². The minimum atomic E-state index is -3.43. The van der Waals surface area contributed by atoms with Gasteiger partial charge in [0.15, 0.2) is 0 Å². The Balaban J connectivity index is 1.22. The summed E-state index contributed by atoms with van der Waals surface area (Å²) in [5.74, 6) is 3.02. The van der Waals surface area contributed by atoms with Gasteiger partial charge < -0.3 is 9.73 Å². The number of piperidine rings is 1. The number of sulfonamides is 1. The lowest BCUT2D eigenvalue weighted by molar-refractivity contribution is -0.116. The van der Waals surface area contributed by atoms with Gasteiger partial charge >= 0.3 is 0 Å². The first kappa shape index (κ1) is 20.9. The van der Waals surface area contributed by atoms with Gasteiger partial charge in [0.25, 0.3) is 0 Å². The highest BCUT2D eigenvalue weighted by Gasteiger charge is 2.36. The fourth-order valence-electron chi connectivity index (χ4n) is 3.93. The standard InChI is InChI=1S/C23H28N2O4S/c1-17-15-21(17)22-9-7-19(29-22)8-10-23(26)24-16-18-11-13-25(14-12-18)30(27,28)20-5-3-2-4-6-20/h2-10,17-18,21H,11-16H2,1H3,(H,24,26)/b10-8+. The summed E-state index contributed by atoms with van der Waals surface area (Å²) in [6, 6.07) is 12.4. The van der Waals surface area contributed by atoms with Crippen LogP contribution in [0.3, 0.4) is 0 Å². The summed E-state index contributed by atoms with van der Waals surface area (Å²) in [6.45, 7) is 3.70. The van der Waals surface area contributed by atoms with Crippen molar-refractivity contribution in [3.8, 4) is 0 Å². The van der Waals surface area contributed by atoms with Crippen molar-refractivity contribution in [1.29, 1.82) is 0 Å². The van der Waals surface area contributed by atoms with Crippen LogP contribution in [0.4, 0.5) is 0 Å². The molecule has 1 aromatic heterocycles. The van der Waals surface area contributed by atoms with Crippen LogP contribution >= 0.6 is 0 Å². The number of hydrogen-bond acceptors (Lipinski definition) is 4. The van der Waals surface area contributed by atoms with Gasteiger partial charge in [-0.15, -0.1) is 0 Å². The van der Waals surface area contributed by atoms with Crippen molar-refractivity contribution in [3.05, 3.63) is 60.1 Å². The first-order chi connectivity index (χ1) is 14.4. The third-order valence-electron chi connectivity index (χ3n) is 6.04. The van der Waals surface area contributed by atoms with Crippen LogP contribution in [0, 0.1) is 11.8 Å². The molecule has 2 aliphatic rings. The molecule has 1 saturated carbocycles. The van der Waals surface area contributed by atoms with Gasteiger partial charge in [0, 0.05) is 31.6 Å². The second-order valence-corrected chi connectivity index (χ2v) is 10.2. The van der Waals surface area contributed by atoms with E-state index in [1.807, 2.05) is 12.1 Å². The highest BCUT2D eigenvalue weighted by molar-refractivity contribution is 7.89. The molecule has 6 nitrogen and oxygen atoms in total. The first-order valence-corrected chi connectivity index (χ1v) is 12.0. The number of amides is 1. The molecule has 1 aliphatic heterocycles. The minimum absolute atomic E-state index is 0.160. The van der Waals surface area contributed by atoms with Gasteiger partial charge in [-0.25, -0.2) is 8.42 Å². The lowest BCUT2D eigenvalue weighted by Gasteiger charge is -2.31. The lowest BCUT2D eigenvalue weighted by atomic mass is 9.98. The first-order valence-electron chi connectivity index (χ1n) is 10.5. The molecular formula is C23H28N2O4S. The number of nitrogens with one attached hydrogen (secondary N) is 1. The second-order valence-electron chi connectivity index (χ2n) is 8.30. The van der Waals surface area contributed by atoms with Crippen LogP contribution in [0.15, 0.2) is 57.9 Å². The van der Waals surface area contributed by atoms with E-state index in [2.05, 4.69) is 12.2 Å². The molecule has 2 heterocycles. The summed E-state index contributed by atoms with van der Waals surface area (Å²) in [5.41, 5.74) is 0. The number of furan rings is 1. The number of carbonyl (C=O) groups is 1. The maximum atomic E-state index is 12.7. The normalized spacial score (nSPS) is 23.0. The highest BCUT2D eigenvalue weighted by atomic mass is 32.2. The van der Waals surface area contributed by atoms with Crippen molar-refractivity contribution in [2.45, 2.75) is 37.0 Å². The van der Waals surface area contributed by atoms with Gasteiger partial charge in [-0.1, -0.05) is 25.1 Å². The maximum Gasteiger partial charge on any atom is 0.244 e. The quantitative estimate of drug-likeness (QED) is 0.683. The average molecular weight is 429 g/mol. The Kier molecular flexibility index (Phi) is 6.11. The van der Waals surface area contributed by atoms with Gasteiger partial charge in [-0.05, 0) is 61.4 Å². The van der Waals surface area contributed by atoms with Gasteiger partial charge in [-0.2, -0.15) is 4.31 Å². The van der Waals surface area contributed by atoms with Crippen LogP contribution in [0.5, 0.6) is 0 Å². The zero-order chi connectivity index (χ0) is 21.1. The van der Waals surface area contributed by atoms with Crippen molar-refractivity contribution in [1.82, 2.24) is 9.62 Å². The van der Waals surface area contributed by atoms with Crippen molar-refractivity contribution in [2.24, 2.45) is 11.8 Å². The van der Waals surface area contributed by atoms with Crippen LogP contribution < -0.4 is 5.32 Å². The molecule has 1 amide bonds. The second kappa shape index (κ2) is 8.78. The lowest BCUT2D eigenvalue weighted by Crippen LogP contribution is -2.41. The Bertz CT molecular complexity index is 1000. The van der Waals surface area contributed by atoms with Gasteiger partial charge in [0.1, 0.15) is 11.5 Å². The number of carbonyl (C=O) groups excluding carboxylic acids is 1. The van der Waals surface area contributed by atoms with E-state index in [0.29, 0.717) is 42.1 Å². The zero-order valence-corrected chi connectivity index (χ0v) is 18.0. The van der Waals surface area contributed by atoms with E-state index < -0.39 is 10.0 Å². The molecule has 1 N–H and O–H groups in total. The largest absolute Gasteiger partial charge is 0.461 e. The van der Waals surface area contributed by atoms with E-state index in [9.17, 15) is 13.2 Å². The van der Waals surface area contributed by atoms with Crippen LogP contribution in [0.25, 0.3) is 6.08 Å². The molecule has 0 bridgehead atoms. The Hall–Kier alpha value is -2.38. The topological polar surface area (TPSA) is 79.6 Å². The SMILES string of the molecule is CC1CC1c1ccc(/C=C/C(=O)NCC2CCN(S(=O)(=O)c3ccccc3)CC2)o1. The molecule has 30 heavy (non-hydrogen) atoms. The molecule has 2 atom stereocenters. The number of nitrogens with zero attached hydrogens (tertiary/aromatic N) is 1. The molecule has 1 aliphatic carbocycles. The molecule has 7 heteroatoms. The van der Waals surface area contributed by atoms with Crippen LogP contribution in [0.2, 0.25) is 0 Å². The van der Waals surface area contributed by atoms with Gasteiger partial charge in [0.2, 0.25) is 15.9 Å². The summed E-state index contributed by atoms with van der Waals surface area (Å²) in [5, 5.41) is 2.92. The molecular weight excluding hydrogens is 400 g/mol. The Labute approximate surface area is 178 Å². The molecule has 1 saturated heterocycles. The third-order valence-corrected chi connectivity index (χ3v) is 7.95. The van der Waals surface area contributed by atoms with E-state index in [-0.39, 0.29) is 11.8 Å². The van der Waals surface area contributed by atoms with Gasteiger partial charge in [0.05, 0.1) is 4.90 Å². The predicted molar refractivity (Wildman–Crippen MR) is 115 cm³/mol. The minimum Gasteiger partial charge on any atom is -0.461 e.